The van der Waals surface area contributed by atoms with E-state index in [0.717, 1.165) is 66.0 Å². The summed E-state index contributed by atoms with van der Waals surface area (Å²) in [6.45, 7) is 5.77. The highest BCUT2D eigenvalue weighted by molar-refractivity contribution is 6.00. The molecule has 64 heavy (non-hydrogen) atoms. The first kappa shape index (κ1) is 42.8. The van der Waals surface area contributed by atoms with E-state index in [1.54, 1.807) is 20.8 Å². The van der Waals surface area contributed by atoms with Crippen molar-refractivity contribution in [2.24, 2.45) is 0 Å². The molecule has 5 aromatic heterocycles. The van der Waals surface area contributed by atoms with Gasteiger partial charge >= 0.3 is 17.9 Å². The monoisotopic (exact) mass is 855 g/mol. The Hall–Kier alpha value is -7.83. The molecule has 10 rings (SSSR count). The first-order chi connectivity index (χ1) is 31.3. The molecule has 0 aliphatic carbocycles. The number of rotatable bonds is 11. The van der Waals surface area contributed by atoms with Crippen LogP contribution in [0.5, 0.6) is 5.88 Å². The van der Waals surface area contributed by atoms with Gasteiger partial charge in [-0.1, -0.05) is 97.9 Å². The molecule has 5 aromatic carbocycles. The molecule has 0 saturated carbocycles. The van der Waals surface area contributed by atoms with Crippen molar-refractivity contribution in [2.75, 3.05) is 13.2 Å². The van der Waals surface area contributed by atoms with Gasteiger partial charge in [0.25, 0.3) is 0 Å². The molecule has 0 radical (unpaired) electrons. The van der Waals surface area contributed by atoms with Crippen molar-refractivity contribution in [2.45, 2.75) is 46.6 Å². The molecule has 324 valence electrons. The Balaban J connectivity index is 0.000000181. The SMILES string of the molecule is CCOC(=O)c1[nH]c2ccccc2c1CO.CCOC(=O)c1[nH]c2ccccc2c1Cc1[nH]c2ccccc2c1Cc1c(OC(=O)CC)[nH]c2ccccc12.c1ccc2[nH]ccc2c1. The van der Waals surface area contributed by atoms with Crippen LogP contribution < -0.4 is 4.74 Å². The van der Waals surface area contributed by atoms with Crippen LogP contribution in [0.25, 0.3) is 54.5 Å². The quantitative estimate of drug-likeness (QED) is 0.0701. The highest BCUT2D eigenvalue weighted by Gasteiger charge is 2.24. The van der Waals surface area contributed by atoms with Gasteiger partial charge in [0.1, 0.15) is 11.4 Å². The van der Waals surface area contributed by atoms with Crippen molar-refractivity contribution in [3.63, 3.8) is 0 Å². The predicted molar refractivity (Wildman–Crippen MR) is 251 cm³/mol. The summed E-state index contributed by atoms with van der Waals surface area (Å²) in [5, 5.41) is 14.5. The van der Waals surface area contributed by atoms with Crippen LogP contribution in [0.3, 0.4) is 0 Å². The lowest BCUT2D eigenvalue weighted by Crippen LogP contribution is -2.09. The molecular formula is C52H49N5O7. The summed E-state index contributed by atoms with van der Waals surface area (Å²) >= 11 is 0. The summed E-state index contributed by atoms with van der Waals surface area (Å²) in [6, 6.07) is 41.8. The molecule has 0 amide bonds. The minimum absolute atomic E-state index is 0.182. The molecule has 0 unspecified atom stereocenters. The molecular weight excluding hydrogens is 807 g/mol. The largest absolute Gasteiger partial charge is 0.461 e. The third-order valence-corrected chi connectivity index (χ3v) is 11.1. The van der Waals surface area contributed by atoms with E-state index in [4.69, 9.17) is 14.2 Å². The molecule has 6 N–H and O–H groups in total. The lowest BCUT2D eigenvalue weighted by molar-refractivity contribution is -0.134. The smallest absolute Gasteiger partial charge is 0.355 e. The summed E-state index contributed by atoms with van der Waals surface area (Å²) in [5.41, 5.74) is 10.1. The standard InChI is InChI=1S/C32H29N3O4.C12H13NO3.C8H7N/c1-3-29(36)39-31-24(21-13-7-10-16-27(21)35-31)17-22-19-11-5-8-14-25(19)33-28(22)18-23-20-12-6-9-15-26(20)34-30(23)32(37)38-4-2;1-2-16-12(15)11-9(7-14)8-5-3-4-6-10(8)13-11;1-2-4-8-7(3-1)5-6-9-8/h5-16,33-35H,3-4,17-18H2,1-2H3;3-6,13-14H,2,7H2,1H3;1-6,9H. The van der Waals surface area contributed by atoms with Crippen molar-refractivity contribution in [1.82, 2.24) is 24.9 Å². The van der Waals surface area contributed by atoms with Crippen molar-refractivity contribution in [3.05, 3.63) is 173 Å². The molecule has 0 aliphatic heterocycles. The number of carbonyl (C=O) groups is 3. The van der Waals surface area contributed by atoms with Crippen LogP contribution in [0.4, 0.5) is 0 Å². The zero-order valence-electron chi connectivity index (χ0n) is 35.8. The van der Waals surface area contributed by atoms with E-state index in [1.807, 2.05) is 103 Å². The number of aliphatic hydroxyl groups is 1. The Kier molecular flexibility index (Phi) is 13.0. The van der Waals surface area contributed by atoms with E-state index in [-0.39, 0.29) is 25.0 Å². The molecule has 0 fully saturated rings. The maximum atomic E-state index is 12.9. The number of carbonyl (C=O) groups excluding carboxylic acids is 3. The third-order valence-electron chi connectivity index (χ3n) is 11.1. The van der Waals surface area contributed by atoms with Gasteiger partial charge in [0.05, 0.1) is 19.8 Å². The lowest BCUT2D eigenvalue weighted by atomic mass is 9.97. The maximum Gasteiger partial charge on any atom is 0.355 e. The van der Waals surface area contributed by atoms with Gasteiger partial charge in [-0.2, -0.15) is 0 Å². The normalized spacial score (nSPS) is 11.1. The highest BCUT2D eigenvalue weighted by Crippen LogP contribution is 2.36. The third kappa shape index (κ3) is 8.90. The number of benzene rings is 5. The number of ether oxygens (including phenoxy) is 3. The highest BCUT2D eigenvalue weighted by atomic mass is 16.5. The predicted octanol–water partition coefficient (Wildman–Crippen LogP) is 10.8. The number of esters is 3. The van der Waals surface area contributed by atoms with Crippen LogP contribution in [0.2, 0.25) is 0 Å². The van der Waals surface area contributed by atoms with Gasteiger partial charge in [0.2, 0.25) is 5.88 Å². The fourth-order valence-electron chi connectivity index (χ4n) is 8.08. The van der Waals surface area contributed by atoms with E-state index in [0.29, 0.717) is 48.9 Å². The number of aliphatic hydroxyl groups excluding tert-OH is 1. The van der Waals surface area contributed by atoms with E-state index in [1.165, 1.54) is 10.9 Å². The van der Waals surface area contributed by atoms with Gasteiger partial charge < -0.3 is 44.2 Å². The average Bonchev–Trinajstić information content (AvgIpc) is 4.16. The number of aromatic nitrogens is 5. The van der Waals surface area contributed by atoms with Crippen LogP contribution in [-0.4, -0.2) is 61.1 Å². The molecule has 12 nitrogen and oxygen atoms in total. The first-order valence-corrected chi connectivity index (χ1v) is 21.4. The molecule has 10 aromatic rings. The number of fused-ring (bicyclic) bond motifs is 5. The van der Waals surface area contributed by atoms with Gasteiger partial charge in [-0.05, 0) is 66.8 Å². The lowest BCUT2D eigenvalue weighted by Gasteiger charge is -2.09. The Bertz CT molecular complexity index is 3210. The summed E-state index contributed by atoms with van der Waals surface area (Å²) in [4.78, 5) is 53.1. The van der Waals surface area contributed by atoms with Crippen LogP contribution in [0, 0.1) is 0 Å². The Morgan fingerprint density at radius 3 is 1.52 bits per heavy atom. The van der Waals surface area contributed by atoms with E-state index >= 15 is 0 Å². The number of H-pyrrole nitrogens is 5. The van der Waals surface area contributed by atoms with Gasteiger partial charge in [-0.15, -0.1) is 0 Å². The molecule has 0 saturated heterocycles. The minimum Gasteiger partial charge on any atom is -0.461 e. The second-order valence-electron chi connectivity index (χ2n) is 15.0. The van der Waals surface area contributed by atoms with Gasteiger partial charge in [0, 0.05) is 91.4 Å². The van der Waals surface area contributed by atoms with Crippen LogP contribution in [0.1, 0.15) is 76.1 Å². The summed E-state index contributed by atoms with van der Waals surface area (Å²) in [6.07, 6.45) is 3.26. The Morgan fingerprint density at radius 2 is 0.969 bits per heavy atom. The van der Waals surface area contributed by atoms with E-state index < -0.39 is 5.97 Å². The fraction of sp³-hybridized carbons (Fsp3) is 0.173. The zero-order chi connectivity index (χ0) is 44.6. The van der Waals surface area contributed by atoms with Crippen LogP contribution >= 0.6 is 0 Å². The molecule has 0 atom stereocenters. The molecule has 0 spiro atoms. The number of para-hydroxylation sites is 5. The summed E-state index contributed by atoms with van der Waals surface area (Å²) < 4.78 is 16.1. The minimum atomic E-state index is -0.428. The zero-order valence-corrected chi connectivity index (χ0v) is 35.8. The summed E-state index contributed by atoms with van der Waals surface area (Å²) in [7, 11) is 0. The first-order valence-electron chi connectivity index (χ1n) is 21.4. The Labute approximate surface area is 368 Å². The molecule has 0 aliphatic rings. The second kappa shape index (κ2) is 19.5. The van der Waals surface area contributed by atoms with Gasteiger partial charge in [0.15, 0.2) is 0 Å². The molecule has 0 bridgehead atoms. The maximum absolute atomic E-state index is 12.9. The molecule has 5 heterocycles. The second-order valence-corrected chi connectivity index (χ2v) is 15.0. The number of aromatic amines is 5. The summed E-state index contributed by atoms with van der Waals surface area (Å²) in [5.74, 6) is -0.618. The van der Waals surface area contributed by atoms with Crippen LogP contribution in [-0.2, 0) is 33.7 Å². The van der Waals surface area contributed by atoms with Gasteiger partial charge in [-0.25, -0.2) is 9.59 Å². The van der Waals surface area contributed by atoms with Crippen molar-refractivity contribution in [1.29, 1.82) is 0 Å². The van der Waals surface area contributed by atoms with Crippen molar-refractivity contribution < 1.29 is 33.7 Å². The topological polar surface area (TPSA) is 178 Å². The fourth-order valence-corrected chi connectivity index (χ4v) is 8.08. The average molecular weight is 856 g/mol. The van der Waals surface area contributed by atoms with Crippen molar-refractivity contribution >= 4 is 72.4 Å². The van der Waals surface area contributed by atoms with Crippen LogP contribution in [0.15, 0.2) is 134 Å². The molecule has 12 heteroatoms. The number of hydrogen-bond acceptors (Lipinski definition) is 7. The van der Waals surface area contributed by atoms with Crippen molar-refractivity contribution in [3.8, 4) is 5.88 Å². The number of hydrogen-bond donors (Lipinski definition) is 6. The number of nitrogens with one attached hydrogen (secondary N) is 5. The Morgan fingerprint density at radius 1 is 0.500 bits per heavy atom. The van der Waals surface area contributed by atoms with E-state index in [9.17, 15) is 19.5 Å². The van der Waals surface area contributed by atoms with Gasteiger partial charge in [-0.3, -0.25) is 4.79 Å². The van der Waals surface area contributed by atoms with E-state index in [2.05, 4.69) is 55.3 Å².